The van der Waals surface area contributed by atoms with Crippen LogP contribution in [0.3, 0.4) is 0 Å². The van der Waals surface area contributed by atoms with Crippen LogP contribution in [0.25, 0.3) is 6.08 Å². The van der Waals surface area contributed by atoms with Crippen molar-refractivity contribution in [2.45, 2.75) is 45.6 Å². The molecule has 0 spiro atoms. The van der Waals surface area contributed by atoms with Crippen LogP contribution in [0, 0.1) is 5.92 Å². The van der Waals surface area contributed by atoms with Gasteiger partial charge in [-0.3, -0.25) is 0 Å². The molecule has 1 unspecified atom stereocenters. The molecule has 0 aromatic heterocycles. The zero-order valence-corrected chi connectivity index (χ0v) is 14.4. The van der Waals surface area contributed by atoms with Gasteiger partial charge in [-0.1, -0.05) is 32.0 Å². The summed E-state index contributed by atoms with van der Waals surface area (Å²) >= 11 is 0. The first-order chi connectivity index (χ1) is 11.0. The third-order valence-corrected chi connectivity index (χ3v) is 3.74. The second kappa shape index (κ2) is 10.2. The largest absolute Gasteiger partial charge is 0.466 e. The van der Waals surface area contributed by atoms with Crippen molar-refractivity contribution in [2.24, 2.45) is 11.7 Å². The van der Waals surface area contributed by atoms with E-state index in [1.54, 1.807) is 6.08 Å². The summed E-state index contributed by atoms with van der Waals surface area (Å²) in [6, 6.07) is 6.33. The quantitative estimate of drug-likeness (QED) is 0.646. The maximum atomic E-state index is 10.9. The monoisotopic (exact) mass is 319 g/mol. The zero-order chi connectivity index (χ0) is 17.2. The molecule has 1 aliphatic rings. The molecule has 0 saturated heterocycles. The smallest absolute Gasteiger partial charge is 0.330 e. The van der Waals surface area contributed by atoms with Crippen molar-refractivity contribution in [3.05, 3.63) is 41.0 Å². The number of nitrogens with two attached hydrogens (primary N) is 1. The highest BCUT2D eigenvalue weighted by Gasteiger charge is 2.09. The Kier molecular flexibility index (Phi) is 8.59. The van der Waals surface area contributed by atoms with Crippen LogP contribution in [0.15, 0.2) is 24.3 Å². The van der Waals surface area contributed by atoms with Gasteiger partial charge in [-0.2, -0.15) is 0 Å². The minimum Gasteiger partial charge on any atom is -0.466 e. The van der Waals surface area contributed by atoms with Gasteiger partial charge in [-0.25, -0.2) is 4.79 Å². The SMILES string of the molecule is CC(C)CC(N)CO.COC(=O)/C=C/c1ccc2c(c1)CCC2. The third kappa shape index (κ3) is 7.44. The van der Waals surface area contributed by atoms with Crippen LogP contribution in [-0.4, -0.2) is 30.8 Å². The number of benzene rings is 1. The minimum absolute atomic E-state index is 0.0185. The molecule has 4 nitrogen and oxygen atoms in total. The lowest BCUT2D eigenvalue weighted by atomic mass is 10.1. The molecule has 23 heavy (non-hydrogen) atoms. The van der Waals surface area contributed by atoms with Gasteiger partial charge in [0.25, 0.3) is 0 Å². The van der Waals surface area contributed by atoms with Crippen LogP contribution in [-0.2, 0) is 22.4 Å². The molecule has 1 aliphatic carbocycles. The number of aliphatic hydroxyl groups excluding tert-OH is 1. The number of aryl methyl sites for hydroxylation is 2. The highest BCUT2D eigenvalue weighted by atomic mass is 16.5. The maximum Gasteiger partial charge on any atom is 0.330 e. The number of hydrogen-bond acceptors (Lipinski definition) is 4. The van der Waals surface area contributed by atoms with Crippen LogP contribution >= 0.6 is 0 Å². The summed E-state index contributed by atoms with van der Waals surface area (Å²) in [6.07, 6.45) is 7.77. The van der Waals surface area contributed by atoms with E-state index in [-0.39, 0.29) is 18.6 Å². The van der Waals surface area contributed by atoms with Gasteiger partial charge in [0.05, 0.1) is 13.7 Å². The summed E-state index contributed by atoms with van der Waals surface area (Å²) in [5, 5.41) is 8.46. The summed E-state index contributed by atoms with van der Waals surface area (Å²) in [7, 11) is 1.38. The van der Waals surface area contributed by atoms with Crippen LogP contribution < -0.4 is 5.73 Å². The summed E-state index contributed by atoms with van der Waals surface area (Å²) in [4.78, 5) is 10.9. The third-order valence-electron chi connectivity index (χ3n) is 3.74. The van der Waals surface area contributed by atoms with Gasteiger partial charge in [0, 0.05) is 12.1 Å². The second-order valence-electron chi connectivity index (χ2n) is 6.31. The zero-order valence-electron chi connectivity index (χ0n) is 14.4. The molecular formula is C19H29NO3. The number of hydrogen-bond donors (Lipinski definition) is 2. The molecule has 3 N–H and O–H groups in total. The molecule has 0 fully saturated rings. The summed E-state index contributed by atoms with van der Waals surface area (Å²) in [6.45, 7) is 4.29. The van der Waals surface area contributed by atoms with Gasteiger partial charge in [-0.15, -0.1) is 0 Å². The molecule has 0 radical (unpaired) electrons. The Labute approximate surface area is 139 Å². The molecular weight excluding hydrogens is 290 g/mol. The number of carbonyl (C=O) groups is 1. The molecule has 0 heterocycles. The number of fused-ring (bicyclic) bond motifs is 1. The molecule has 2 rings (SSSR count). The van der Waals surface area contributed by atoms with E-state index in [0.29, 0.717) is 5.92 Å². The first-order valence-electron chi connectivity index (χ1n) is 8.20. The van der Waals surface area contributed by atoms with Crippen molar-refractivity contribution >= 4 is 12.0 Å². The van der Waals surface area contributed by atoms with Gasteiger partial charge < -0.3 is 15.6 Å². The van der Waals surface area contributed by atoms with E-state index in [9.17, 15) is 4.79 Å². The number of methoxy groups -OCH3 is 1. The number of aliphatic hydroxyl groups is 1. The van der Waals surface area contributed by atoms with Gasteiger partial charge in [-0.05, 0) is 54.4 Å². The van der Waals surface area contributed by atoms with Crippen molar-refractivity contribution in [3.8, 4) is 0 Å². The van der Waals surface area contributed by atoms with E-state index in [1.165, 1.54) is 37.2 Å². The Morgan fingerprint density at radius 3 is 2.61 bits per heavy atom. The standard InChI is InChI=1S/C13H14O2.C6H15NO/c1-15-13(14)8-6-10-5-7-11-3-2-4-12(11)9-10;1-5(2)3-6(7)4-8/h5-9H,2-4H2,1H3;5-6,8H,3-4,7H2,1-2H3/b8-6+;. The predicted molar refractivity (Wildman–Crippen MR) is 94.0 cm³/mol. The molecule has 1 atom stereocenters. The first-order valence-corrected chi connectivity index (χ1v) is 8.20. The van der Waals surface area contributed by atoms with Crippen molar-refractivity contribution < 1.29 is 14.6 Å². The predicted octanol–water partition coefficient (Wildman–Crippen LogP) is 2.71. The number of esters is 1. The lowest BCUT2D eigenvalue weighted by Gasteiger charge is -2.09. The number of carbonyl (C=O) groups excluding carboxylic acids is 1. The van der Waals surface area contributed by atoms with Crippen molar-refractivity contribution in [1.29, 1.82) is 0 Å². The van der Waals surface area contributed by atoms with E-state index in [2.05, 4.69) is 30.7 Å². The number of ether oxygens (including phenoxy) is 1. The van der Waals surface area contributed by atoms with E-state index >= 15 is 0 Å². The Balaban J connectivity index is 0.000000284. The average Bonchev–Trinajstić information content (AvgIpc) is 3.00. The molecule has 0 saturated carbocycles. The summed E-state index contributed by atoms with van der Waals surface area (Å²) < 4.78 is 4.54. The highest BCUT2D eigenvalue weighted by Crippen LogP contribution is 2.23. The van der Waals surface area contributed by atoms with Gasteiger partial charge in [0.1, 0.15) is 0 Å². The normalized spacial score (nSPS) is 14.3. The Hall–Kier alpha value is -1.65. The van der Waals surface area contributed by atoms with E-state index in [4.69, 9.17) is 10.8 Å². The lowest BCUT2D eigenvalue weighted by Crippen LogP contribution is -2.25. The molecule has 0 bridgehead atoms. The molecule has 4 heteroatoms. The minimum atomic E-state index is -0.310. The Bertz CT molecular complexity index is 523. The van der Waals surface area contributed by atoms with Gasteiger partial charge in [0.2, 0.25) is 0 Å². The van der Waals surface area contributed by atoms with E-state index < -0.39 is 0 Å². The van der Waals surface area contributed by atoms with Crippen LogP contribution in [0.2, 0.25) is 0 Å². The second-order valence-corrected chi connectivity index (χ2v) is 6.31. The topological polar surface area (TPSA) is 72.6 Å². The number of rotatable bonds is 5. The van der Waals surface area contributed by atoms with E-state index in [0.717, 1.165) is 18.4 Å². The lowest BCUT2D eigenvalue weighted by molar-refractivity contribution is -0.134. The van der Waals surface area contributed by atoms with Gasteiger partial charge >= 0.3 is 5.97 Å². The maximum absolute atomic E-state index is 10.9. The fourth-order valence-corrected chi connectivity index (χ4v) is 2.61. The molecule has 128 valence electrons. The molecule has 0 amide bonds. The molecule has 1 aromatic carbocycles. The fourth-order valence-electron chi connectivity index (χ4n) is 2.61. The average molecular weight is 319 g/mol. The van der Waals surface area contributed by atoms with Crippen molar-refractivity contribution in [3.63, 3.8) is 0 Å². The first kappa shape index (κ1) is 19.4. The van der Waals surface area contributed by atoms with E-state index in [1.807, 2.05) is 6.07 Å². The Morgan fingerprint density at radius 1 is 1.35 bits per heavy atom. The fraction of sp³-hybridized carbons (Fsp3) is 0.526. The van der Waals surface area contributed by atoms with Crippen molar-refractivity contribution in [1.82, 2.24) is 0 Å². The van der Waals surface area contributed by atoms with Crippen LogP contribution in [0.5, 0.6) is 0 Å². The molecule has 0 aliphatic heterocycles. The highest BCUT2D eigenvalue weighted by molar-refractivity contribution is 5.86. The summed E-state index contributed by atoms with van der Waals surface area (Å²) in [5.74, 6) is 0.285. The summed E-state index contributed by atoms with van der Waals surface area (Å²) in [5.41, 5.74) is 9.36. The van der Waals surface area contributed by atoms with Crippen LogP contribution in [0.1, 0.15) is 43.4 Å². The molecule has 1 aromatic rings. The van der Waals surface area contributed by atoms with Crippen LogP contribution in [0.4, 0.5) is 0 Å². The van der Waals surface area contributed by atoms with Crippen molar-refractivity contribution in [2.75, 3.05) is 13.7 Å². The van der Waals surface area contributed by atoms with Gasteiger partial charge in [0.15, 0.2) is 0 Å². The Morgan fingerprint density at radius 2 is 2.04 bits per heavy atom.